The van der Waals surface area contributed by atoms with Crippen molar-refractivity contribution >= 4 is 56.4 Å². The molecule has 0 radical (unpaired) electrons. The number of aryl methyl sites for hydroxylation is 1. The van der Waals surface area contributed by atoms with Crippen molar-refractivity contribution in [3.63, 3.8) is 0 Å². The van der Waals surface area contributed by atoms with Crippen LogP contribution >= 0.6 is 11.3 Å². The normalized spacial score (nSPS) is 12.9. The van der Waals surface area contributed by atoms with Gasteiger partial charge in [-0.15, -0.1) is 11.3 Å². The molecule has 0 fully saturated rings. The third kappa shape index (κ3) is 4.90. The molecule has 2 heterocycles. The monoisotopic (exact) mass is 529 g/mol. The number of amides is 2. The summed E-state index contributed by atoms with van der Waals surface area (Å²) >= 11 is 0.914. The molecule has 12 heteroatoms. The highest BCUT2D eigenvalue weighted by Crippen LogP contribution is 2.33. The Morgan fingerprint density at radius 3 is 2.47 bits per heavy atom. The van der Waals surface area contributed by atoms with Gasteiger partial charge in [-0.3, -0.25) is 4.31 Å². The summed E-state index contributed by atoms with van der Waals surface area (Å²) in [7, 11) is -1.55. The number of ether oxygens (including phenoxy) is 2. The third-order valence-electron chi connectivity index (χ3n) is 5.55. The van der Waals surface area contributed by atoms with E-state index in [1.165, 1.54) is 41.1 Å². The molecule has 0 saturated carbocycles. The smallest absolute Gasteiger partial charge is 0.349 e. The van der Waals surface area contributed by atoms with E-state index in [0.29, 0.717) is 18.7 Å². The van der Waals surface area contributed by atoms with E-state index in [1.54, 1.807) is 12.1 Å². The number of esters is 2. The molecule has 2 amide bonds. The molecule has 1 aromatic heterocycles. The lowest BCUT2D eigenvalue weighted by molar-refractivity contribution is 0.0561. The predicted molar refractivity (Wildman–Crippen MR) is 135 cm³/mol. The zero-order valence-corrected chi connectivity index (χ0v) is 21.1. The average Bonchev–Trinajstić information content (AvgIpc) is 3.30. The minimum Gasteiger partial charge on any atom is -0.465 e. The quantitative estimate of drug-likeness (QED) is 0.460. The number of nitrogens with one attached hydrogen (secondary N) is 2. The van der Waals surface area contributed by atoms with Crippen LogP contribution in [0.2, 0.25) is 0 Å². The molecule has 2 aromatic carbocycles. The standard InChI is InChI=1S/C24H23N3O7S2/c1-33-22(28)20-18(14-35-21(20)23(29)34-2)26-24(30)25-16-9-5-10-17(13-16)36(31,32)27-12-6-8-15-7-3-4-11-19(15)27/h3-5,7,9-11,13-14H,6,8,12H2,1-2H3,(H2,25,26,30). The molecule has 0 aliphatic carbocycles. The van der Waals surface area contributed by atoms with Crippen molar-refractivity contribution in [2.75, 3.05) is 35.7 Å². The SMILES string of the molecule is COC(=O)c1scc(NC(=O)Nc2cccc(S(=O)(=O)N3CCCc4ccccc43)c2)c1C(=O)OC. The maximum atomic E-state index is 13.4. The number of methoxy groups -OCH3 is 2. The molecule has 36 heavy (non-hydrogen) atoms. The summed E-state index contributed by atoms with van der Waals surface area (Å²) in [5.74, 6) is -1.56. The number of anilines is 3. The second-order valence-corrected chi connectivity index (χ2v) is 10.5. The first-order valence-corrected chi connectivity index (χ1v) is 13.1. The number of carbonyl (C=O) groups excluding carboxylic acids is 3. The molecule has 0 unspecified atom stereocenters. The largest absolute Gasteiger partial charge is 0.465 e. The molecule has 188 valence electrons. The van der Waals surface area contributed by atoms with E-state index in [0.717, 1.165) is 30.4 Å². The summed E-state index contributed by atoms with van der Waals surface area (Å²) in [5, 5.41) is 6.47. The predicted octanol–water partition coefficient (Wildman–Crippen LogP) is 4.11. The second-order valence-electron chi connectivity index (χ2n) is 7.75. The van der Waals surface area contributed by atoms with E-state index < -0.39 is 28.0 Å². The van der Waals surface area contributed by atoms with Crippen LogP contribution in [-0.2, 0) is 25.9 Å². The molecule has 1 aliphatic heterocycles. The summed E-state index contributed by atoms with van der Waals surface area (Å²) in [5.41, 5.74) is 1.75. The molecule has 3 aromatic rings. The first-order chi connectivity index (χ1) is 17.3. The molecular weight excluding hydrogens is 506 g/mol. The van der Waals surface area contributed by atoms with Crippen LogP contribution in [-0.4, -0.2) is 47.2 Å². The van der Waals surface area contributed by atoms with Gasteiger partial charge in [0, 0.05) is 17.6 Å². The first-order valence-electron chi connectivity index (χ1n) is 10.8. The molecule has 0 bridgehead atoms. The molecule has 2 N–H and O–H groups in total. The highest BCUT2D eigenvalue weighted by Gasteiger charge is 2.29. The summed E-state index contributed by atoms with van der Waals surface area (Å²) in [6.45, 7) is 0.356. The van der Waals surface area contributed by atoms with E-state index in [9.17, 15) is 22.8 Å². The Hall–Kier alpha value is -3.90. The van der Waals surface area contributed by atoms with Crippen LogP contribution in [0, 0.1) is 0 Å². The van der Waals surface area contributed by atoms with E-state index in [-0.39, 0.29) is 26.7 Å². The van der Waals surface area contributed by atoms with Crippen LogP contribution < -0.4 is 14.9 Å². The molecule has 1 aliphatic rings. The Morgan fingerprint density at radius 2 is 1.72 bits per heavy atom. The van der Waals surface area contributed by atoms with Gasteiger partial charge in [-0.25, -0.2) is 22.8 Å². The number of sulfonamides is 1. The van der Waals surface area contributed by atoms with Gasteiger partial charge in [-0.1, -0.05) is 24.3 Å². The van der Waals surface area contributed by atoms with Gasteiger partial charge in [0.1, 0.15) is 10.4 Å². The van der Waals surface area contributed by atoms with Gasteiger partial charge in [-0.05, 0) is 42.7 Å². The molecule has 4 rings (SSSR count). The zero-order valence-electron chi connectivity index (χ0n) is 19.4. The molecule has 0 atom stereocenters. The molecule has 10 nitrogen and oxygen atoms in total. The van der Waals surface area contributed by atoms with Gasteiger partial charge in [0.25, 0.3) is 10.0 Å². The lowest BCUT2D eigenvalue weighted by atomic mass is 10.0. The summed E-state index contributed by atoms with van der Waals surface area (Å²) in [4.78, 5) is 36.9. The minimum atomic E-state index is -3.87. The summed E-state index contributed by atoms with van der Waals surface area (Å²) < 4.78 is 37.6. The average molecular weight is 530 g/mol. The van der Waals surface area contributed by atoms with Crippen molar-refractivity contribution in [3.05, 3.63) is 69.9 Å². The Bertz CT molecular complexity index is 1430. The highest BCUT2D eigenvalue weighted by molar-refractivity contribution is 7.92. The second kappa shape index (κ2) is 10.4. The Balaban J connectivity index is 1.55. The van der Waals surface area contributed by atoms with Crippen molar-refractivity contribution in [2.24, 2.45) is 0 Å². The molecule has 0 saturated heterocycles. The van der Waals surface area contributed by atoms with Crippen LogP contribution in [0.1, 0.15) is 32.0 Å². The first kappa shape index (κ1) is 25.2. The fourth-order valence-corrected chi connectivity index (χ4v) is 6.38. The number of rotatable bonds is 6. The molecular formula is C24H23N3O7S2. The number of carbonyl (C=O) groups is 3. The lowest BCUT2D eigenvalue weighted by Crippen LogP contribution is -2.35. The Kier molecular flexibility index (Phi) is 7.27. The van der Waals surface area contributed by atoms with Crippen LogP contribution in [0.5, 0.6) is 0 Å². The highest BCUT2D eigenvalue weighted by atomic mass is 32.2. The number of hydrogen-bond acceptors (Lipinski definition) is 8. The minimum absolute atomic E-state index is 0.0189. The van der Waals surface area contributed by atoms with Gasteiger partial charge < -0.3 is 20.1 Å². The van der Waals surface area contributed by atoms with Gasteiger partial charge in [0.2, 0.25) is 0 Å². The third-order valence-corrected chi connectivity index (χ3v) is 8.32. The zero-order chi connectivity index (χ0) is 25.9. The van der Waals surface area contributed by atoms with Crippen LogP contribution in [0.3, 0.4) is 0 Å². The van der Waals surface area contributed by atoms with Gasteiger partial charge in [0.05, 0.1) is 30.5 Å². The van der Waals surface area contributed by atoms with Crippen molar-refractivity contribution in [1.29, 1.82) is 0 Å². The maximum Gasteiger partial charge on any atom is 0.349 e. The Morgan fingerprint density at radius 1 is 0.972 bits per heavy atom. The fourth-order valence-electron chi connectivity index (χ4n) is 3.89. The number of thiophene rings is 1. The number of urea groups is 1. The fraction of sp³-hybridized carbons (Fsp3) is 0.208. The van der Waals surface area contributed by atoms with Gasteiger partial charge in [-0.2, -0.15) is 0 Å². The maximum absolute atomic E-state index is 13.4. The summed E-state index contributed by atoms with van der Waals surface area (Å²) in [6.07, 6.45) is 1.51. The van der Waals surface area contributed by atoms with Crippen molar-refractivity contribution < 1.29 is 32.3 Å². The van der Waals surface area contributed by atoms with Gasteiger partial charge >= 0.3 is 18.0 Å². The number of fused-ring (bicyclic) bond motifs is 1. The lowest BCUT2D eigenvalue weighted by Gasteiger charge is -2.30. The number of para-hydroxylation sites is 1. The van der Waals surface area contributed by atoms with E-state index in [1.807, 2.05) is 12.1 Å². The Labute approximate surface area is 211 Å². The molecule has 0 spiro atoms. The number of benzene rings is 2. The van der Waals surface area contributed by atoms with Gasteiger partial charge in [0.15, 0.2) is 0 Å². The van der Waals surface area contributed by atoms with E-state index >= 15 is 0 Å². The van der Waals surface area contributed by atoms with Crippen molar-refractivity contribution in [2.45, 2.75) is 17.7 Å². The van der Waals surface area contributed by atoms with Crippen molar-refractivity contribution in [1.82, 2.24) is 0 Å². The van der Waals surface area contributed by atoms with Crippen LogP contribution in [0.15, 0.2) is 58.8 Å². The topological polar surface area (TPSA) is 131 Å². The van der Waals surface area contributed by atoms with E-state index in [4.69, 9.17) is 4.74 Å². The van der Waals surface area contributed by atoms with Crippen LogP contribution in [0.25, 0.3) is 0 Å². The van der Waals surface area contributed by atoms with Crippen molar-refractivity contribution in [3.8, 4) is 0 Å². The number of nitrogens with zero attached hydrogens (tertiary/aromatic N) is 1. The van der Waals surface area contributed by atoms with Crippen LogP contribution in [0.4, 0.5) is 21.9 Å². The summed E-state index contributed by atoms with van der Waals surface area (Å²) in [6, 6.07) is 12.5. The number of hydrogen-bond donors (Lipinski definition) is 2. The van der Waals surface area contributed by atoms with E-state index in [2.05, 4.69) is 15.4 Å².